The third-order valence-electron chi connectivity index (χ3n) is 3.52. The Morgan fingerprint density at radius 1 is 1.13 bits per heavy atom. The van der Waals surface area contributed by atoms with Gasteiger partial charge in [-0.3, -0.25) is 24.5 Å². The van der Waals surface area contributed by atoms with E-state index >= 15 is 0 Å². The van der Waals surface area contributed by atoms with Crippen molar-refractivity contribution in [1.29, 1.82) is 0 Å². The molecule has 3 heterocycles. The number of ether oxygens (including phenoxy) is 1. The fraction of sp³-hybridized carbons (Fsp3) is 0.250. The standard InChI is InChI=1S/C16H14ClN3O3/c17-13-10-18-6-5-12(13)14-2-1-11(9-19-14)23-8-7-20-15(21)3-4-16(20)22/h1-2,5-6,9-10H,3-4,7-8H2. The van der Waals surface area contributed by atoms with Crippen LogP contribution in [0.25, 0.3) is 11.3 Å². The van der Waals surface area contributed by atoms with Crippen molar-refractivity contribution in [2.75, 3.05) is 13.2 Å². The number of rotatable bonds is 5. The van der Waals surface area contributed by atoms with Crippen LogP contribution < -0.4 is 4.74 Å². The number of hydrogen-bond donors (Lipinski definition) is 0. The largest absolute Gasteiger partial charge is 0.490 e. The zero-order chi connectivity index (χ0) is 16.2. The number of halogens is 1. The zero-order valence-corrected chi connectivity index (χ0v) is 13.0. The quantitative estimate of drug-likeness (QED) is 0.786. The van der Waals surface area contributed by atoms with Crippen LogP contribution >= 0.6 is 11.6 Å². The summed E-state index contributed by atoms with van der Waals surface area (Å²) in [6, 6.07) is 5.35. The summed E-state index contributed by atoms with van der Waals surface area (Å²) in [6.45, 7) is 0.504. The van der Waals surface area contributed by atoms with E-state index in [1.165, 1.54) is 4.90 Å². The van der Waals surface area contributed by atoms with E-state index in [0.717, 1.165) is 11.3 Å². The molecule has 0 spiro atoms. The fourth-order valence-corrected chi connectivity index (χ4v) is 2.55. The first-order valence-corrected chi connectivity index (χ1v) is 7.55. The van der Waals surface area contributed by atoms with Gasteiger partial charge in [0.2, 0.25) is 11.8 Å². The van der Waals surface area contributed by atoms with Crippen LogP contribution in [0.5, 0.6) is 5.75 Å². The van der Waals surface area contributed by atoms with Gasteiger partial charge in [-0.2, -0.15) is 0 Å². The second-order valence-electron chi connectivity index (χ2n) is 5.02. The van der Waals surface area contributed by atoms with Crippen molar-refractivity contribution < 1.29 is 14.3 Å². The highest BCUT2D eigenvalue weighted by Crippen LogP contribution is 2.26. The van der Waals surface area contributed by atoms with Crippen LogP contribution in [0.4, 0.5) is 0 Å². The highest BCUT2D eigenvalue weighted by atomic mass is 35.5. The summed E-state index contributed by atoms with van der Waals surface area (Å²) in [6.07, 6.45) is 5.38. The summed E-state index contributed by atoms with van der Waals surface area (Å²) < 4.78 is 5.53. The van der Waals surface area contributed by atoms with Crippen LogP contribution in [-0.2, 0) is 9.59 Å². The molecule has 23 heavy (non-hydrogen) atoms. The molecule has 7 heteroatoms. The third kappa shape index (κ3) is 3.48. The number of carbonyl (C=O) groups excluding carboxylic acids is 2. The van der Waals surface area contributed by atoms with E-state index in [9.17, 15) is 9.59 Å². The molecule has 1 aliphatic heterocycles. The smallest absolute Gasteiger partial charge is 0.229 e. The van der Waals surface area contributed by atoms with Crippen molar-refractivity contribution in [3.05, 3.63) is 41.8 Å². The van der Waals surface area contributed by atoms with Crippen LogP contribution in [0.2, 0.25) is 5.02 Å². The Kier molecular flexibility index (Phi) is 4.52. The highest BCUT2D eigenvalue weighted by Gasteiger charge is 2.28. The van der Waals surface area contributed by atoms with Gasteiger partial charge < -0.3 is 4.74 Å². The molecule has 0 atom stereocenters. The molecule has 0 aliphatic carbocycles. The maximum absolute atomic E-state index is 11.5. The lowest BCUT2D eigenvalue weighted by Crippen LogP contribution is -2.33. The van der Waals surface area contributed by atoms with Gasteiger partial charge in [-0.15, -0.1) is 0 Å². The lowest BCUT2D eigenvalue weighted by Gasteiger charge is -2.14. The van der Waals surface area contributed by atoms with E-state index in [1.54, 1.807) is 36.8 Å². The molecule has 3 rings (SSSR count). The van der Waals surface area contributed by atoms with Gasteiger partial charge in [0.1, 0.15) is 12.4 Å². The van der Waals surface area contributed by atoms with Crippen LogP contribution in [-0.4, -0.2) is 39.8 Å². The predicted molar refractivity (Wildman–Crippen MR) is 83.9 cm³/mol. The minimum Gasteiger partial charge on any atom is -0.490 e. The normalized spacial score (nSPS) is 14.4. The number of likely N-dealkylation sites (tertiary alicyclic amines) is 1. The summed E-state index contributed by atoms with van der Waals surface area (Å²) in [5, 5.41) is 0.528. The number of amides is 2. The molecule has 0 bridgehead atoms. The molecular weight excluding hydrogens is 318 g/mol. The van der Waals surface area contributed by atoms with E-state index in [2.05, 4.69) is 9.97 Å². The molecule has 2 aromatic rings. The van der Waals surface area contributed by atoms with E-state index in [4.69, 9.17) is 16.3 Å². The Labute approximate surface area is 138 Å². The van der Waals surface area contributed by atoms with Gasteiger partial charge in [-0.1, -0.05) is 11.6 Å². The lowest BCUT2D eigenvalue weighted by molar-refractivity contribution is -0.138. The third-order valence-corrected chi connectivity index (χ3v) is 3.82. The van der Waals surface area contributed by atoms with Gasteiger partial charge in [0, 0.05) is 30.8 Å². The lowest BCUT2D eigenvalue weighted by atomic mass is 10.2. The molecule has 6 nitrogen and oxygen atoms in total. The predicted octanol–water partition coefficient (Wildman–Crippen LogP) is 2.32. The van der Waals surface area contributed by atoms with Crippen LogP contribution in [0.15, 0.2) is 36.8 Å². The summed E-state index contributed by atoms with van der Waals surface area (Å²) >= 11 is 6.08. The topological polar surface area (TPSA) is 72.4 Å². The first kappa shape index (κ1) is 15.4. The van der Waals surface area contributed by atoms with Crippen LogP contribution in [0, 0.1) is 0 Å². The maximum atomic E-state index is 11.5. The number of carbonyl (C=O) groups is 2. The van der Waals surface area contributed by atoms with Crippen LogP contribution in [0.3, 0.4) is 0 Å². The van der Waals surface area contributed by atoms with Gasteiger partial charge in [0.25, 0.3) is 0 Å². The van der Waals surface area contributed by atoms with Gasteiger partial charge in [-0.05, 0) is 18.2 Å². The number of hydrogen-bond acceptors (Lipinski definition) is 5. The van der Waals surface area contributed by atoms with Crippen molar-refractivity contribution >= 4 is 23.4 Å². The molecule has 1 aliphatic rings. The number of nitrogens with zero attached hydrogens (tertiary/aromatic N) is 3. The fourth-order valence-electron chi connectivity index (χ4n) is 2.33. The van der Waals surface area contributed by atoms with Gasteiger partial charge in [0.15, 0.2) is 0 Å². The summed E-state index contributed by atoms with van der Waals surface area (Å²) in [5.74, 6) is 0.289. The SMILES string of the molecule is O=C1CCC(=O)N1CCOc1ccc(-c2ccncc2Cl)nc1. The van der Waals surface area contributed by atoms with E-state index in [-0.39, 0.29) is 25.0 Å². The Hall–Kier alpha value is -2.47. The van der Waals surface area contributed by atoms with Gasteiger partial charge >= 0.3 is 0 Å². The Morgan fingerprint density at radius 3 is 2.57 bits per heavy atom. The minimum atomic E-state index is -0.139. The van der Waals surface area contributed by atoms with Gasteiger partial charge in [0.05, 0.1) is 23.5 Å². The molecule has 0 saturated carbocycles. The molecule has 118 valence electrons. The van der Waals surface area contributed by atoms with E-state index < -0.39 is 0 Å². The average molecular weight is 332 g/mol. The molecule has 2 amide bonds. The van der Waals surface area contributed by atoms with Crippen molar-refractivity contribution in [3.63, 3.8) is 0 Å². The molecule has 1 fully saturated rings. The minimum absolute atomic E-state index is 0.139. The Bertz CT molecular complexity index is 718. The highest BCUT2D eigenvalue weighted by molar-refractivity contribution is 6.33. The molecule has 2 aromatic heterocycles. The van der Waals surface area contributed by atoms with Crippen LogP contribution in [0.1, 0.15) is 12.8 Å². The Morgan fingerprint density at radius 2 is 1.91 bits per heavy atom. The molecule has 0 aromatic carbocycles. The van der Waals surface area contributed by atoms with Crippen molar-refractivity contribution in [2.24, 2.45) is 0 Å². The second-order valence-corrected chi connectivity index (χ2v) is 5.43. The second kappa shape index (κ2) is 6.75. The summed E-state index contributed by atoms with van der Waals surface area (Å²) in [4.78, 5) is 32.4. The number of imide groups is 1. The van der Waals surface area contributed by atoms with Crippen molar-refractivity contribution in [1.82, 2.24) is 14.9 Å². The van der Waals surface area contributed by atoms with E-state index in [1.807, 2.05) is 0 Å². The first-order valence-electron chi connectivity index (χ1n) is 7.17. The maximum Gasteiger partial charge on any atom is 0.229 e. The van der Waals surface area contributed by atoms with E-state index in [0.29, 0.717) is 23.6 Å². The summed E-state index contributed by atoms with van der Waals surface area (Å²) in [7, 11) is 0. The molecule has 0 radical (unpaired) electrons. The monoisotopic (exact) mass is 331 g/mol. The summed E-state index contributed by atoms with van der Waals surface area (Å²) in [5.41, 5.74) is 1.51. The molecule has 0 N–H and O–H groups in total. The van der Waals surface area contributed by atoms with Crippen molar-refractivity contribution in [3.8, 4) is 17.0 Å². The molecule has 1 saturated heterocycles. The number of aromatic nitrogens is 2. The average Bonchev–Trinajstić information content (AvgIpc) is 2.88. The van der Waals surface area contributed by atoms with Crippen molar-refractivity contribution in [2.45, 2.75) is 12.8 Å². The molecule has 0 unspecified atom stereocenters. The zero-order valence-electron chi connectivity index (χ0n) is 12.2. The Balaban J connectivity index is 1.59. The molecular formula is C16H14ClN3O3. The first-order chi connectivity index (χ1) is 11.1. The number of pyridine rings is 2. The van der Waals surface area contributed by atoms with Gasteiger partial charge in [-0.25, -0.2) is 0 Å².